The van der Waals surface area contributed by atoms with Crippen LogP contribution in [0.3, 0.4) is 0 Å². The van der Waals surface area contributed by atoms with Crippen LogP contribution in [0.4, 0.5) is 0 Å². The van der Waals surface area contributed by atoms with Crippen LogP contribution in [0.25, 0.3) is 0 Å². The van der Waals surface area contributed by atoms with E-state index in [2.05, 4.69) is 4.98 Å². The number of hydrogen-bond donors (Lipinski definition) is 1. The minimum absolute atomic E-state index is 0.402. The van der Waals surface area contributed by atoms with Crippen molar-refractivity contribution in [3.05, 3.63) is 59.9 Å². The van der Waals surface area contributed by atoms with Crippen LogP contribution >= 0.6 is 0 Å². The molecule has 0 amide bonds. The minimum atomic E-state index is -0.631. The molecule has 0 saturated heterocycles. The third kappa shape index (κ3) is 2.51. The largest absolute Gasteiger partial charge is 0.490 e. The van der Waals surface area contributed by atoms with Crippen molar-refractivity contribution in [2.45, 2.75) is 25.0 Å². The van der Waals surface area contributed by atoms with Crippen molar-refractivity contribution in [1.82, 2.24) is 4.98 Å². The Kier molecular flexibility index (Phi) is 2.99. The fourth-order valence-electron chi connectivity index (χ4n) is 1.84. The van der Waals surface area contributed by atoms with E-state index < -0.39 is 6.10 Å². The molecule has 1 aliphatic rings. The summed E-state index contributed by atoms with van der Waals surface area (Å²) in [5.74, 6) is 0.875. The van der Waals surface area contributed by atoms with Gasteiger partial charge in [0.25, 0.3) is 0 Å². The van der Waals surface area contributed by atoms with E-state index in [4.69, 9.17) is 4.74 Å². The zero-order valence-corrected chi connectivity index (χ0v) is 9.99. The molecule has 3 heteroatoms. The molecule has 1 heterocycles. The van der Waals surface area contributed by atoms with Crippen LogP contribution in [-0.2, 0) is 0 Å². The first-order valence-electron chi connectivity index (χ1n) is 6.17. The van der Waals surface area contributed by atoms with Gasteiger partial charge in [0.05, 0.1) is 6.10 Å². The Labute approximate surface area is 106 Å². The third-order valence-electron chi connectivity index (χ3n) is 3.02. The Morgan fingerprint density at radius 3 is 2.50 bits per heavy atom. The van der Waals surface area contributed by atoms with Gasteiger partial charge in [-0.3, -0.25) is 4.98 Å². The Balaban J connectivity index is 1.75. The van der Waals surface area contributed by atoms with Crippen molar-refractivity contribution in [2.75, 3.05) is 0 Å². The van der Waals surface area contributed by atoms with E-state index in [9.17, 15) is 5.11 Å². The average molecular weight is 241 g/mol. The van der Waals surface area contributed by atoms with Crippen LogP contribution in [0.5, 0.6) is 5.75 Å². The summed E-state index contributed by atoms with van der Waals surface area (Å²) in [4.78, 5) is 4.01. The van der Waals surface area contributed by atoms with E-state index in [0.29, 0.717) is 6.10 Å². The zero-order valence-electron chi connectivity index (χ0n) is 9.99. The molecule has 1 saturated carbocycles. The molecule has 0 radical (unpaired) electrons. The van der Waals surface area contributed by atoms with Gasteiger partial charge < -0.3 is 9.84 Å². The summed E-state index contributed by atoms with van der Waals surface area (Å²) in [6.07, 6.45) is 5.45. The van der Waals surface area contributed by atoms with Crippen LogP contribution in [0.15, 0.2) is 48.8 Å². The summed E-state index contributed by atoms with van der Waals surface area (Å²) in [7, 11) is 0. The normalized spacial score (nSPS) is 16.3. The number of benzene rings is 1. The maximum Gasteiger partial charge on any atom is 0.119 e. The first-order chi connectivity index (χ1) is 8.83. The molecular weight excluding hydrogens is 226 g/mol. The molecule has 1 aromatic carbocycles. The van der Waals surface area contributed by atoms with Crippen molar-refractivity contribution in [1.29, 1.82) is 0 Å². The monoisotopic (exact) mass is 241 g/mol. The summed E-state index contributed by atoms with van der Waals surface area (Å²) in [6.45, 7) is 0. The lowest BCUT2D eigenvalue weighted by atomic mass is 10.0. The molecule has 1 aromatic heterocycles. The van der Waals surface area contributed by atoms with Gasteiger partial charge in [0.15, 0.2) is 0 Å². The highest BCUT2D eigenvalue weighted by Gasteiger charge is 2.23. The third-order valence-corrected chi connectivity index (χ3v) is 3.02. The van der Waals surface area contributed by atoms with Gasteiger partial charge in [-0.25, -0.2) is 0 Å². The predicted molar refractivity (Wildman–Crippen MR) is 68.4 cm³/mol. The lowest BCUT2D eigenvalue weighted by Crippen LogP contribution is -2.00. The molecule has 1 N–H and O–H groups in total. The second-order valence-electron chi connectivity index (χ2n) is 4.58. The van der Waals surface area contributed by atoms with Gasteiger partial charge in [0.1, 0.15) is 11.9 Å². The van der Waals surface area contributed by atoms with E-state index >= 15 is 0 Å². The highest BCUT2D eigenvalue weighted by molar-refractivity contribution is 5.33. The maximum atomic E-state index is 10.2. The maximum absolute atomic E-state index is 10.2. The Bertz CT molecular complexity index is 506. The highest BCUT2D eigenvalue weighted by Crippen LogP contribution is 2.28. The molecule has 0 aliphatic heterocycles. The van der Waals surface area contributed by atoms with E-state index in [1.807, 2.05) is 36.4 Å². The fraction of sp³-hybridized carbons (Fsp3) is 0.267. The Hall–Kier alpha value is -1.87. The van der Waals surface area contributed by atoms with Crippen LogP contribution < -0.4 is 4.74 Å². The quantitative estimate of drug-likeness (QED) is 0.895. The molecule has 92 valence electrons. The SMILES string of the molecule is OC(c1ccc(OC2CC2)cc1)c1cccnc1. The van der Waals surface area contributed by atoms with Crippen LogP contribution in [0, 0.1) is 0 Å². The van der Waals surface area contributed by atoms with E-state index in [-0.39, 0.29) is 0 Å². The molecule has 0 bridgehead atoms. The topological polar surface area (TPSA) is 42.4 Å². The second-order valence-corrected chi connectivity index (χ2v) is 4.58. The molecule has 1 aliphatic carbocycles. The smallest absolute Gasteiger partial charge is 0.119 e. The lowest BCUT2D eigenvalue weighted by molar-refractivity contribution is 0.219. The summed E-state index contributed by atoms with van der Waals surface area (Å²) >= 11 is 0. The predicted octanol–water partition coefficient (Wildman–Crippen LogP) is 2.70. The van der Waals surface area contributed by atoms with Gasteiger partial charge in [-0.05, 0) is 36.6 Å². The van der Waals surface area contributed by atoms with Crippen LogP contribution in [-0.4, -0.2) is 16.2 Å². The van der Waals surface area contributed by atoms with Gasteiger partial charge >= 0.3 is 0 Å². The zero-order chi connectivity index (χ0) is 12.4. The standard InChI is InChI=1S/C15H15NO2/c17-15(12-2-1-9-16-10-12)11-3-5-13(6-4-11)18-14-7-8-14/h1-6,9-10,14-15,17H,7-8H2. The van der Waals surface area contributed by atoms with Gasteiger partial charge in [-0.2, -0.15) is 0 Å². The van der Waals surface area contributed by atoms with E-state index in [1.54, 1.807) is 12.4 Å². The molecule has 2 aromatic rings. The van der Waals surface area contributed by atoms with Gasteiger partial charge in [-0.1, -0.05) is 18.2 Å². The van der Waals surface area contributed by atoms with Crippen molar-refractivity contribution in [3.63, 3.8) is 0 Å². The summed E-state index contributed by atoms with van der Waals surface area (Å²) < 4.78 is 5.67. The number of aliphatic hydroxyl groups excluding tert-OH is 1. The van der Waals surface area contributed by atoms with Crippen LogP contribution in [0.2, 0.25) is 0 Å². The highest BCUT2D eigenvalue weighted by atomic mass is 16.5. The first kappa shape index (κ1) is 11.2. The molecular formula is C15H15NO2. The molecule has 1 fully saturated rings. The number of ether oxygens (including phenoxy) is 1. The van der Waals surface area contributed by atoms with Crippen molar-refractivity contribution in [2.24, 2.45) is 0 Å². The number of rotatable bonds is 4. The molecule has 3 rings (SSSR count). The summed E-state index contributed by atoms with van der Waals surface area (Å²) in [5.41, 5.74) is 1.65. The summed E-state index contributed by atoms with van der Waals surface area (Å²) in [5, 5.41) is 10.2. The fourth-order valence-corrected chi connectivity index (χ4v) is 1.84. The van der Waals surface area contributed by atoms with Gasteiger partial charge in [0.2, 0.25) is 0 Å². The Morgan fingerprint density at radius 2 is 1.89 bits per heavy atom. The number of aromatic nitrogens is 1. The summed E-state index contributed by atoms with van der Waals surface area (Å²) in [6, 6.07) is 11.3. The number of hydrogen-bond acceptors (Lipinski definition) is 3. The van der Waals surface area contributed by atoms with Gasteiger partial charge in [-0.15, -0.1) is 0 Å². The van der Waals surface area contributed by atoms with Crippen molar-refractivity contribution < 1.29 is 9.84 Å². The van der Waals surface area contributed by atoms with Crippen molar-refractivity contribution >= 4 is 0 Å². The molecule has 0 spiro atoms. The molecule has 1 unspecified atom stereocenters. The molecule has 3 nitrogen and oxygen atoms in total. The lowest BCUT2D eigenvalue weighted by Gasteiger charge is -2.11. The number of nitrogens with zero attached hydrogens (tertiary/aromatic N) is 1. The average Bonchev–Trinajstić information content (AvgIpc) is 3.24. The Morgan fingerprint density at radius 1 is 1.11 bits per heavy atom. The molecule has 1 atom stereocenters. The number of pyridine rings is 1. The van der Waals surface area contributed by atoms with Crippen molar-refractivity contribution in [3.8, 4) is 5.75 Å². The van der Waals surface area contributed by atoms with Gasteiger partial charge in [0, 0.05) is 18.0 Å². The number of aliphatic hydroxyl groups is 1. The second kappa shape index (κ2) is 4.78. The van der Waals surface area contributed by atoms with Crippen LogP contribution in [0.1, 0.15) is 30.1 Å². The molecule has 18 heavy (non-hydrogen) atoms. The van der Waals surface area contributed by atoms with E-state index in [1.165, 1.54) is 0 Å². The minimum Gasteiger partial charge on any atom is -0.490 e. The first-order valence-corrected chi connectivity index (χ1v) is 6.17. The van der Waals surface area contributed by atoms with E-state index in [0.717, 1.165) is 29.7 Å².